The SMILES string of the molecule is C1=CC2=c3ccc4ccccc4c3=C3c4ccccc4N(c4ccc(C5NC(c6ccccc6)N5c5cc6ccccc6c6ccccc56)cc4)C3C2C=C1. The number of rotatable bonds is 4. The standard InChI is InChI=1S/C52H37N3/c1-2-15-34(16-3-1)51-53-52(55(51)47-32-36-17-5-6-18-38(36)40-20-8-10-22-42(40)47)35-26-29-37(30-27-35)54-46-25-13-12-24-45(46)49-48-39-19-7-4-14-33(39)28-31-43(48)41-21-9-11-23-44(41)50(49)54/h1-32,44,50-53H. The lowest BCUT2D eigenvalue weighted by atomic mass is 9.76. The van der Waals surface area contributed by atoms with Crippen LogP contribution in [0.25, 0.3) is 43.5 Å². The van der Waals surface area contributed by atoms with Gasteiger partial charge in [-0.25, -0.2) is 0 Å². The van der Waals surface area contributed by atoms with E-state index in [1.165, 1.54) is 87.7 Å². The first kappa shape index (κ1) is 30.7. The van der Waals surface area contributed by atoms with Gasteiger partial charge in [0.2, 0.25) is 0 Å². The van der Waals surface area contributed by atoms with Crippen LogP contribution in [-0.4, -0.2) is 6.04 Å². The number of para-hydroxylation sites is 1. The highest BCUT2D eigenvalue weighted by Gasteiger charge is 2.44. The van der Waals surface area contributed by atoms with Crippen LogP contribution in [0, 0.1) is 5.92 Å². The first-order chi connectivity index (χ1) is 27.3. The van der Waals surface area contributed by atoms with Crippen LogP contribution in [0.5, 0.6) is 0 Å². The Morgan fingerprint density at radius 3 is 2.00 bits per heavy atom. The Morgan fingerprint density at radius 1 is 0.491 bits per heavy atom. The lowest BCUT2D eigenvalue weighted by Gasteiger charge is -2.52. The highest BCUT2D eigenvalue weighted by atomic mass is 15.5. The molecular weight excluding hydrogens is 667 g/mol. The Bertz CT molecular complexity index is 3050. The number of hydrogen-bond acceptors (Lipinski definition) is 3. The molecule has 0 saturated carbocycles. The quantitative estimate of drug-likeness (QED) is 0.184. The lowest BCUT2D eigenvalue weighted by molar-refractivity contribution is 0.277. The van der Waals surface area contributed by atoms with Crippen molar-refractivity contribution in [3.8, 4) is 0 Å². The molecule has 12 rings (SSSR count). The average molecular weight is 704 g/mol. The largest absolute Gasteiger partial charge is 0.332 e. The highest BCUT2D eigenvalue weighted by molar-refractivity contribution is 6.13. The van der Waals surface area contributed by atoms with Gasteiger partial charge >= 0.3 is 0 Å². The van der Waals surface area contributed by atoms with Gasteiger partial charge in [-0.05, 0) is 83.9 Å². The fourth-order valence-electron chi connectivity index (χ4n) is 10.0. The van der Waals surface area contributed by atoms with E-state index in [-0.39, 0.29) is 24.3 Å². The zero-order valence-corrected chi connectivity index (χ0v) is 30.2. The van der Waals surface area contributed by atoms with Crippen LogP contribution in [0.4, 0.5) is 17.1 Å². The molecule has 4 unspecified atom stereocenters. The van der Waals surface area contributed by atoms with Crippen LogP contribution in [0.2, 0.25) is 0 Å². The van der Waals surface area contributed by atoms with Crippen molar-refractivity contribution >= 4 is 60.5 Å². The minimum Gasteiger partial charge on any atom is -0.332 e. The number of allylic oxidation sites excluding steroid dienone is 3. The zero-order valence-electron chi connectivity index (χ0n) is 30.2. The van der Waals surface area contributed by atoms with Crippen LogP contribution in [0.3, 0.4) is 0 Å². The molecule has 55 heavy (non-hydrogen) atoms. The highest BCUT2D eigenvalue weighted by Crippen LogP contribution is 2.51. The van der Waals surface area contributed by atoms with Gasteiger partial charge in [0.1, 0.15) is 12.3 Å². The lowest BCUT2D eigenvalue weighted by Crippen LogP contribution is -2.57. The fraction of sp³-hybridized carbons (Fsp3) is 0.0769. The summed E-state index contributed by atoms with van der Waals surface area (Å²) >= 11 is 0. The molecule has 2 aliphatic carbocycles. The van der Waals surface area contributed by atoms with Crippen molar-refractivity contribution in [3.63, 3.8) is 0 Å². The molecule has 0 spiro atoms. The minimum absolute atomic E-state index is 0.0103. The van der Waals surface area contributed by atoms with Gasteiger partial charge in [-0.2, -0.15) is 0 Å². The normalized spacial score (nSPS) is 20.7. The summed E-state index contributed by atoms with van der Waals surface area (Å²) in [5.74, 6) is 0.234. The number of fused-ring (bicyclic) bond motifs is 11. The summed E-state index contributed by atoms with van der Waals surface area (Å²) in [5, 5.41) is 14.4. The summed E-state index contributed by atoms with van der Waals surface area (Å²) in [6.07, 6.45) is 9.26. The molecule has 1 fully saturated rings. The van der Waals surface area contributed by atoms with Crippen molar-refractivity contribution in [1.29, 1.82) is 0 Å². The van der Waals surface area contributed by atoms with E-state index < -0.39 is 0 Å². The van der Waals surface area contributed by atoms with E-state index in [1.54, 1.807) is 0 Å². The minimum atomic E-state index is 0.0103. The van der Waals surface area contributed by atoms with E-state index in [4.69, 9.17) is 0 Å². The first-order valence-corrected chi connectivity index (χ1v) is 19.4. The fourth-order valence-corrected chi connectivity index (χ4v) is 10.0. The van der Waals surface area contributed by atoms with Gasteiger partial charge in [0.25, 0.3) is 0 Å². The van der Waals surface area contributed by atoms with Crippen molar-refractivity contribution in [2.45, 2.75) is 18.4 Å². The van der Waals surface area contributed by atoms with Crippen LogP contribution in [0.15, 0.2) is 194 Å². The number of benzene rings is 8. The second-order valence-corrected chi connectivity index (χ2v) is 15.2. The Balaban J connectivity index is 1.00. The van der Waals surface area contributed by atoms with Crippen molar-refractivity contribution in [2.75, 3.05) is 9.80 Å². The second kappa shape index (κ2) is 11.9. The molecule has 8 aromatic rings. The van der Waals surface area contributed by atoms with E-state index in [9.17, 15) is 0 Å². The van der Waals surface area contributed by atoms with E-state index in [1.807, 2.05) is 0 Å². The molecule has 1 N–H and O–H groups in total. The first-order valence-electron chi connectivity index (χ1n) is 19.4. The number of hydrogen-bond donors (Lipinski definition) is 1. The Hall–Kier alpha value is -6.68. The van der Waals surface area contributed by atoms with Gasteiger partial charge in [0.15, 0.2) is 0 Å². The molecule has 0 bridgehead atoms. The number of nitrogens with one attached hydrogen (secondary N) is 1. The Kier molecular flexibility index (Phi) is 6.66. The molecular formula is C52H37N3. The Labute approximate surface area is 320 Å². The maximum absolute atomic E-state index is 3.98. The van der Waals surface area contributed by atoms with Crippen molar-refractivity contribution in [2.24, 2.45) is 5.92 Å². The molecule has 1 saturated heterocycles. The molecule has 3 heteroatoms. The molecule has 4 aliphatic rings. The summed E-state index contributed by atoms with van der Waals surface area (Å²) in [7, 11) is 0. The molecule has 0 radical (unpaired) electrons. The molecule has 4 atom stereocenters. The van der Waals surface area contributed by atoms with Crippen molar-refractivity contribution in [3.05, 3.63) is 221 Å². The monoisotopic (exact) mass is 703 g/mol. The predicted molar refractivity (Wildman–Crippen MR) is 229 cm³/mol. The third kappa shape index (κ3) is 4.48. The maximum Gasteiger partial charge on any atom is 0.109 e. The van der Waals surface area contributed by atoms with E-state index >= 15 is 0 Å². The molecule has 0 amide bonds. The third-order valence-corrected chi connectivity index (χ3v) is 12.4. The molecule has 260 valence electrons. The topological polar surface area (TPSA) is 18.5 Å². The summed E-state index contributed by atoms with van der Waals surface area (Å²) in [6, 6.07) is 63.0. The van der Waals surface area contributed by atoms with Crippen LogP contribution >= 0.6 is 0 Å². The molecule has 2 aliphatic heterocycles. The molecule has 8 aromatic carbocycles. The van der Waals surface area contributed by atoms with Crippen LogP contribution < -0.4 is 25.6 Å². The molecule has 0 aromatic heterocycles. The summed E-state index contributed by atoms with van der Waals surface area (Å²) in [6.45, 7) is 0. The zero-order chi connectivity index (χ0) is 36.0. The summed E-state index contributed by atoms with van der Waals surface area (Å²) in [4.78, 5) is 5.20. The number of anilines is 3. The van der Waals surface area contributed by atoms with E-state index in [2.05, 4.69) is 209 Å². The van der Waals surface area contributed by atoms with E-state index in [0.29, 0.717) is 0 Å². The molecule has 3 nitrogen and oxygen atoms in total. The van der Waals surface area contributed by atoms with Gasteiger partial charge in [-0.1, -0.05) is 170 Å². The summed E-state index contributed by atoms with van der Waals surface area (Å²) in [5.41, 5.74) is 10.4. The predicted octanol–water partition coefficient (Wildman–Crippen LogP) is 10.6. The Morgan fingerprint density at radius 2 is 1.16 bits per heavy atom. The van der Waals surface area contributed by atoms with Gasteiger partial charge in [0, 0.05) is 33.9 Å². The maximum atomic E-state index is 3.98. The number of nitrogens with zero attached hydrogens (tertiary/aromatic N) is 2. The van der Waals surface area contributed by atoms with E-state index in [0.717, 1.165) is 0 Å². The summed E-state index contributed by atoms with van der Waals surface area (Å²) < 4.78 is 0. The smallest absolute Gasteiger partial charge is 0.109 e. The van der Waals surface area contributed by atoms with Crippen molar-refractivity contribution < 1.29 is 0 Å². The van der Waals surface area contributed by atoms with Crippen molar-refractivity contribution in [1.82, 2.24) is 5.32 Å². The van der Waals surface area contributed by atoms with Gasteiger partial charge in [-0.3, -0.25) is 5.32 Å². The van der Waals surface area contributed by atoms with Gasteiger partial charge in [-0.15, -0.1) is 0 Å². The van der Waals surface area contributed by atoms with Crippen LogP contribution in [-0.2, 0) is 0 Å². The van der Waals surface area contributed by atoms with Crippen LogP contribution in [0.1, 0.15) is 29.0 Å². The van der Waals surface area contributed by atoms with Gasteiger partial charge < -0.3 is 9.80 Å². The third-order valence-electron chi connectivity index (χ3n) is 12.4. The second-order valence-electron chi connectivity index (χ2n) is 15.2. The average Bonchev–Trinajstić information content (AvgIpc) is 3.59. The molecule has 2 heterocycles. The van der Waals surface area contributed by atoms with Gasteiger partial charge in [0.05, 0.1) is 6.04 Å².